The van der Waals surface area contributed by atoms with Crippen molar-refractivity contribution in [3.63, 3.8) is 0 Å². The van der Waals surface area contributed by atoms with Crippen LogP contribution in [0.2, 0.25) is 0 Å². The molecule has 2 aromatic heterocycles. The quantitative estimate of drug-likeness (QED) is 0.0313. The third kappa shape index (κ3) is 14.3. The van der Waals surface area contributed by atoms with Gasteiger partial charge in [-0.2, -0.15) is 40.2 Å². The number of alkyl halides is 8. The molecule has 82 heavy (non-hydrogen) atoms. The fourth-order valence-corrected chi connectivity index (χ4v) is 10.4. The van der Waals surface area contributed by atoms with Crippen molar-refractivity contribution < 1.29 is 82.4 Å². The van der Waals surface area contributed by atoms with Crippen LogP contribution in [0, 0.1) is 53.1 Å². The van der Waals surface area contributed by atoms with E-state index in [9.17, 15) is 59.4 Å². The molecule has 3 fully saturated rings. The van der Waals surface area contributed by atoms with E-state index in [-0.39, 0.29) is 22.4 Å². The molecule has 0 spiro atoms. The predicted octanol–water partition coefficient (Wildman–Crippen LogP) is 8.47. The number of alkyl carbamates (subject to hydrolysis) is 1. The van der Waals surface area contributed by atoms with E-state index in [1.807, 2.05) is 24.4 Å². The second kappa shape index (κ2) is 25.4. The van der Waals surface area contributed by atoms with Gasteiger partial charge in [-0.1, -0.05) is 37.8 Å². The van der Waals surface area contributed by atoms with Crippen molar-refractivity contribution in [2.75, 3.05) is 52.0 Å². The number of methoxy groups -OCH3 is 2. The van der Waals surface area contributed by atoms with Crippen LogP contribution in [-0.2, 0) is 41.6 Å². The minimum Gasteiger partial charge on any atom is -0.469 e. The highest BCUT2D eigenvalue weighted by Crippen LogP contribution is 2.46. The highest BCUT2D eigenvalue weighted by atomic mass is 19.4. The number of nitrogens with zero attached hydrogens (tertiary/aromatic N) is 6. The van der Waals surface area contributed by atoms with Gasteiger partial charge in [-0.25, -0.2) is 28.3 Å². The number of halogens is 10. The van der Waals surface area contributed by atoms with Crippen molar-refractivity contribution >= 4 is 29.6 Å². The van der Waals surface area contributed by atoms with E-state index in [2.05, 4.69) is 41.6 Å². The van der Waals surface area contributed by atoms with Gasteiger partial charge < -0.3 is 29.5 Å². The zero-order valence-electron chi connectivity index (χ0n) is 45.9. The molecule has 6 atom stereocenters. The molecule has 16 nitrogen and oxygen atoms in total. The van der Waals surface area contributed by atoms with Crippen LogP contribution >= 0.6 is 0 Å². The van der Waals surface area contributed by atoms with E-state index < -0.39 is 121 Å². The van der Waals surface area contributed by atoms with Crippen molar-refractivity contribution in [3.05, 3.63) is 100 Å². The number of piperazine rings is 1. The van der Waals surface area contributed by atoms with Gasteiger partial charge in [0, 0.05) is 73.1 Å². The molecule has 0 aliphatic carbocycles. The van der Waals surface area contributed by atoms with Gasteiger partial charge in [-0.3, -0.25) is 24.7 Å². The Kier molecular flexibility index (Phi) is 19.4. The van der Waals surface area contributed by atoms with Gasteiger partial charge in [0.15, 0.2) is 5.78 Å². The van der Waals surface area contributed by atoms with Gasteiger partial charge in [-0.05, 0) is 94.0 Å². The number of hydrazine groups is 1. The molecule has 3 N–H and O–H groups in total. The summed E-state index contributed by atoms with van der Waals surface area (Å²) < 4.78 is 161. The third-order valence-electron chi connectivity index (χ3n) is 15.8. The Bertz CT molecular complexity index is 2980. The summed E-state index contributed by atoms with van der Waals surface area (Å²) in [5.74, 6) is -3.66. The van der Waals surface area contributed by atoms with Crippen molar-refractivity contribution in [1.29, 1.82) is 0 Å². The number of carbonyl (C=O) groups excluding carboxylic acids is 4. The Morgan fingerprint density at radius 2 is 1.46 bits per heavy atom. The Balaban J connectivity index is 1.19. The number of ether oxygens (including phenoxy) is 3. The second-order valence-corrected chi connectivity index (χ2v) is 22.0. The number of ketones is 1. The molecular weight excluding hydrogens is 1100 g/mol. The van der Waals surface area contributed by atoms with E-state index in [0.717, 1.165) is 71.4 Å². The second-order valence-electron chi connectivity index (χ2n) is 22.0. The number of anilines is 1. The zero-order valence-corrected chi connectivity index (χ0v) is 45.9. The van der Waals surface area contributed by atoms with E-state index in [1.54, 1.807) is 24.3 Å². The summed E-state index contributed by atoms with van der Waals surface area (Å²) in [7, 11) is 1.70. The molecule has 3 saturated heterocycles. The number of amides is 2. The number of Topliss-reactive ketones (excluding diaryl/α,β-unsaturated/α-hetero) is 1. The minimum absolute atomic E-state index is 0.211. The lowest BCUT2D eigenvalue weighted by Crippen LogP contribution is -2.62. The van der Waals surface area contributed by atoms with Crippen LogP contribution in [0.25, 0.3) is 11.3 Å². The summed E-state index contributed by atoms with van der Waals surface area (Å²) >= 11 is 0. The first kappa shape index (κ1) is 62.8. The number of aryl methyl sites for hydroxylation is 1. The lowest BCUT2D eigenvalue weighted by molar-refractivity contribution is -0.231. The molecule has 3 aliphatic heterocycles. The highest BCUT2D eigenvalue weighted by molar-refractivity contribution is 5.88. The number of hydrogen-bond donors (Lipinski definition) is 3. The van der Waals surface area contributed by atoms with Gasteiger partial charge in [0.1, 0.15) is 23.5 Å². The Morgan fingerprint density at radius 3 is 1.99 bits per heavy atom. The molecule has 7 rings (SSSR count). The molecule has 3 aliphatic rings. The van der Waals surface area contributed by atoms with Crippen molar-refractivity contribution in [1.82, 2.24) is 35.4 Å². The van der Waals surface area contributed by atoms with Crippen LogP contribution in [0.15, 0.2) is 60.8 Å². The van der Waals surface area contributed by atoms with E-state index in [0.29, 0.717) is 85.3 Å². The zero-order chi connectivity index (χ0) is 60.2. The summed E-state index contributed by atoms with van der Waals surface area (Å²) in [5.41, 5.74) is -3.20. The summed E-state index contributed by atoms with van der Waals surface area (Å²) in [6.07, 6.45) is -13.2. The highest BCUT2D eigenvalue weighted by Gasteiger charge is 2.57. The van der Waals surface area contributed by atoms with E-state index in [1.165, 1.54) is 0 Å². The van der Waals surface area contributed by atoms with Gasteiger partial charge in [-0.15, -0.1) is 0 Å². The summed E-state index contributed by atoms with van der Waals surface area (Å²) in [6, 6.07) is 11.4. The van der Waals surface area contributed by atoms with E-state index in [4.69, 9.17) is 9.72 Å². The first-order chi connectivity index (χ1) is 38.4. The first-order valence-electron chi connectivity index (χ1n) is 26.2. The third-order valence-corrected chi connectivity index (χ3v) is 15.8. The largest absolute Gasteiger partial charge is 0.469 e. The van der Waals surface area contributed by atoms with Crippen molar-refractivity contribution in [3.8, 4) is 23.1 Å². The number of pyridine rings is 1. The number of aliphatic hydroxyl groups excluding tert-OH is 1. The Morgan fingerprint density at radius 1 is 0.841 bits per heavy atom. The van der Waals surface area contributed by atoms with Gasteiger partial charge in [0.2, 0.25) is 5.91 Å². The predicted molar refractivity (Wildman–Crippen MR) is 276 cm³/mol. The molecule has 2 bridgehead atoms. The fraction of sp³-hybridized carbons (Fsp3) is 0.536. The van der Waals surface area contributed by atoms with Gasteiger partial charge in [0.05, 0.1) is 74.1 Å². The maximum atomic E-state index is 16.1. The molecule has 0 saturated carbocycles. The number of carbonyl (C=O) groups is 4. The first-order valence-corrected chi connectivity index (χ1v) is 26.2. The van der Waals surface area contributed by atoms with Gasteiger partial charge >= 0.3 is 31.0 Å². The number of aromatic nitrogens is 3. The monoisotopic (exact) mass is 1170 g/mol. The standard InChI is InChI=1S/C56H64F10N8O8/c1-31-34(14-17-47(67-31)71-25-37-15-16-38(26-71)74(37)39-29-82-30-39)13-12-32-8-10-33(11-9-32)20-36(23-45(75)49(68-52(79)81-7)54(4,5)56(64,65)66)46(76)28-72(70-50(78)41(24-48(77)80-6)53(2,3)55(61,62)63)27-40-42(57)21-35(22-43(40)58)44-18-19-73(69-44)51(59)60/h8-11,14,17-19,21-22,36-39,41,46,49,51,76H,15-16,20,23-30H2,1-7H3,(H,68,79)(H,70,78)/t36-,37?,38?,41-,46+,49-/m1/s1. The van der Waals surface area contributed by atoms with Crippen LogP contribution in [0.1, 0.15) is 87.9 Å². The molecular formula is C56H64F10N8O8. The average molecular weight is 1170 g/mol. The summed E-state index contributed by atoms with van der Waals surface area (Å²) in [4.78, 5) is 63.1. The molecule has 2 aromatic carbocycles. The van der Waals surface area contributed by atoms with E-state index >= 15 is 8.78 Å². The lowest BCUT2D eigenvalue weighted by Gasteiger charge is -2.48. The minimum atomic E-state index is -5.16. The molecule has 446 valence electrons. The molecule has 5 heterocycles. The average Bonchev–Trinajstić information content (AvgIpc) is 3.17. The van der Waals surface area contributed by atoms with Crippen LogP contribution in [0.5, 0.6) is 0 Å². The number of esters is 1. The molecule has 2 amide bonds. The van der Waals surface area contributed by atoms with Crippen LogP contribution in [0.3, 0.4) is 0 Å². The number of benzene rings is 2. The number of hydrogen-bond acceptors (Lipinski definition) is 13. The molecule has 26 heteroatoms. The lowest BCUT2D eigenvalue weighted by atomic mass is 9.75. The number of nitrogens with one attached hydrogen (secondary N) is 2. The molecule has 4 aromatic rings. The molecule has 0 radical (unpaired) electrons. The summed E-state index contributed by atoms with van der Waals surface area (Å²) in [5, 5.41) is 18.3. The van der Waals surface area contributed by atoms with Crippen molar-refractivity contribution in [2.45, 2.75) is 122 Å². The smallest absolute Gasteiger partial charge is 0.407 e. The summed E-state index contributed by atoms with van der Waals surface area (Å²) in [6.45, 7) is 2.30. The maximum Gasteiger partial charge on any atom is 0.407 e. The van der Waals surface area contributed by atoms with Gasteiger partial charge in [0.25, 0.3) is 0 Å². The Hall–Kier alpha value is -6.82. The maximum absolute atomic E-state index is 16.1. The normalized spacial score (nSPS) is 18.5. The van der Waals surface area contributed by atoms with Crippen LogP contribution in [0.4, 0.5) is 54.5 Å². The number of fused-ring (bicyclic) bond motifs is 2. The van der Waals surface area contributed by atoms with Crippen LogP contribution in [-0.4, -0.2) is 143 Å². The fourth-order valence-electron chi connectivity index (χ4n) is 10.4. The Labute approximate surface area is 466 Å². The molecule has 2 unspecified atom stereocenters. The van der Waals surface area contributed by atoms with Crippen LogP contribution < -0.4 is 15.6 Å². The topological polar surface area (TPSA) is 181 Å². The number of aliphatic hydroxyl groups is 1. The number of rotatable bonds is 21. The van der Waals surface area contributed by atoms with Crippen molar-refractivity contribution in [2.24, 2.45) is 22.7 Å². The SMILES string of the molecule is COC(=O)C[C@H](C(=O)NN(Cc1c(F)cc(-c2ccn(C(F)F)n2)cc1F)C[C@H](O)[C@@H](CC(=O)[C@@H](NC(=O)OC)C(C)(C)C(F)(F)F)Cc1ccc(C#Cc2ccc(N3CC4CCC(C3)N4C3COC3)nc2C)cc1)C(C)(C)C(F)(F)F.